The van der Waals surface area contributed by atoms with E-state index >= 15 is 0 Å². The van der Waals surface area contributed by atoms with E-state index in [9.17, 15) is 9.59 Å². The normalized spacial score (nSPS) is 19.2. The van der Waals surface area contributed by atoms with Gasteiger partial charge in [0, 0.05) is 25.8 Å². The molecule has 2 amide bonds. The molecule has 0 aliphatic carbocycles. The number of carboxylic acid groups (broad SMARTS) is 1. The molecule has 2 N–H and O–H groups in total. The SMILES string of the molecule is O=C(O)[C@@H]1CCCN(C(=O)NCCn2ccnn2)C1. The van der Waals surface area contributed by atoms with Crippen LogP contribution in [-0.4, -0.2) is 56.6 Å². The molecule has 1 saturated heterocycles. The molecule has 1 aliphatic heterocycles. The van der Waals surface area contributed by atoms with Gasteiger partial charge >= 0.3 is 12.0 Å². The third-order valence-corrected chi connectivity index (χ3v) is 3.15. The van der Waals surface area contributed by atoms with E-state index in [2.05, 4.69) is 15.6 Å². The van der Waals surface area contributed by atoms with Crippen molar-refractivity contribution in [2.24, 2.45) is 5.92 Å². The van der Waals surface area contributed by atoms with Crippen molar-refractivity contribution in [1.82, 2.24) is 25.2 Å². The minimum Gasteiger partial charge on any atom is -0.481 e. The summed E-state index contributed by atoms with van der Waals surface area (Å²) in [6.07, 6.45) is 4.66. The highest BCUT2D eigenvalue weighted by molar-refractivity contribution is 5.76. The number of piperidine rings is 1. The van der Waals surface area contributed by atoms with Crippen LogP contribution >= 0.6 is 0 Å². The van der Waals surface area contributed by atoms with E-state index in [4.69, 9.17) is 5.11 Å². The van der Waals surface area contributed by atoms with Crippen molar-refractivity contribution in [3.8, 4) is 0 Å². The summed E-state index contributed by atoms with van der Waals surface area (Å²) in [5.74, 6) is -1.28. The minimum atomic E-state index is -0.833. The number of carbonyl (C=O) groups is 2. The molecule has 0 bridgehead atoms. The molecule has 1 aromatic heterocycles. The highest BCUT2D eigenvalue weighted by Gasteiger charge is 2.27. The number of hydrogen-bond acceptors (Lipinski definition) is 4. The first-order valence-corrected chi connectivity index (χ1v) is 6.26. The number of amides is 2. The largest absolute Gasteiger partial charge is 0.481 e. The number of nitrogens with zero attached hydrogens (tertiary/aromatic N) is 4. The van der Waals surface area contributed by atoms with Crippen molar-refractivity contribution in [2.75, 3.05) is 19.6 Å². The number of aromatic nitrogens is 3. The first-order valence-electron chi connectivity index (χ1n) is 6.26. The van der Waals surface area contributed by atoms with E-state index in [1.165, 1.54) is 0 Å². The molecule has 1 aromatic rings. The Labute approximate surface area is 110 Å². The fraction of sp³-hybridized carbons (Fsp3) is 0.636. The Balaban J connectivity index is 1.74. The van der Waals surface area contributed by atoms with Crippen molar-refractivity contribution in [3.63, 3.8) is 0 Å². The Kier molecular flexibility index (Phi) is 4.32. The van der Waals surface area contributed by atoms with Crippen LogP contribution in [0.4, 0.5) is 4.79 Å². The number of carboxylic acids is 1. The van der Waals surface area contributed by atoms with Crippen LogP contribution in [0.15, 0.2) is 12.4 Å². The van der Waals surface area contributed by atoms with Gasteiger partial charge in [-0.3, -0.25) is 9.48 Å². The van der Waals surface area contributed by atoms with Gasteiger partial charge in [-0.05, 0) is 12.8 Å². The Bertz CT molecular complexity index is 434. The summed E-state index contributed by atoms with van der Waals surface area (Å²) in [5, 5.41) is 19.2. The van der Waals surface area contributed by atoms with Crippen molar-refractivity contribution < 1.29 is 14.7 Å². The number of aliphatic carboxylic acids is 1. The van der Waals surface area contributed by atoms with Gasteiger partial charge in [0.15, 0.2) is 0 Å². The van der Waals surface area contributed by atoms with E-state index < -0.39 is 11.9 Å². The fourth-order valence-electron chi connectivity index (χ4n) is 2.10. The lowest BCUT2D eigenvalue weighted by Gasteiger charge is -2.30. The summed E-state index contributed by atoms with van der Waals surface area (Å²) in [5.41, 5.74) is 0. The van der Waals surface area contributed by atoms with Gasteiger partial charge < -0.3 is 15.3 Å². The number of urea groups is 1. The number of carbonyl (C=O) groups excluding carboxylic acids is 1. The second kappa shape index (κ2) is 6.17. The van der Waals surface area contributed by atoms with Gasteiger partial charge in [0.2, 0.25) is 0 Å². The molecular formula is C11H17N5O3. The van der Waals surface area contributed by atoms with Gasteiger partial charge in [0.05, 0.1) is 18.7 Å². The van der Waals surface area contributed by atoms with Crippen molar-refractivity contribution >= 4 is 12.0 Å². The van der Waals surface area contributed by atoms with Gasteiger partial charge in [0.1, 0.15) is 0 Å². The Hall–Kier alpha value is -2.12. The fourth-order valence-corrected chi connectivity index (χ4v) is 2.10. The third-order valence-electron chi connectivity index (χ3n) is 3.15. The molecule has 8 nitrogen and oxygen atoms in total. The number of nitrogens with one attached hydrogen (secondary N) is 1. The lowest BCUT2D eigenvalue weighted by molar-refractivity contribution is -0.143. The maximum atomic E-state index is 11.9. The molecular weight excluding hydrogens is 250 g/mol. The molecule has 2 rings (SSSR count). The highest BCUT2D eigenvalue weighted by Crippen LogP contribution is 2.16. The van der Waals surface area contributed by atoms with Crippen LogP contribution in [0, 0.1) is 5.92 Å². The second-order valence-corrected chi connectivity index (χ2v) is 4.52. The van der Waals surface area contributed by atoms with Gasteiger partial charge in [-0.1, -0.05) is 5.21 Å². The molecule has 8 heteroatoms. The zero-order chi connectivity index (χ0) is 13.7. The van der Waals surface area contributed by atoms with Crippen LogP contribution in [0.5, 0.6) is 0 Å². The smallest absolute Gasteiger partial charge is 0.317 e. The maximum absolute atomic E-state index is 11.9. The second-order valence-electron chi connectivity index (χ2n) is 4.52. The Morgan fingerprint density at radius 3 is 3.00 bits per heavy atom. The predicted molar refractivity (Wildman–Crippen MR) is 65.4 cm³/mol. The molecule has 0 aromatic carbocycles. The van der Waals surface area contributed by atoms with Crippen LogP contribution in [0.2, 0.25) is 0 Å². The van der Waals surface area contributed by atoms with E-state index in [0.717, 1.165) is 6.42 Å². The molecule has 0 spiro atoms. The van der Waals surface area contributed by atoms with Gasteiger partial charge in [-0.15, -0.1) is 5.10 Å². The van der Waals surface area contributed by atoms with Crippen molar-refractivity contribution in [1.29, 1.82) is 0 Å². The monoisotopic (exact) mass is 267 g/mol. The van der Waals surface area contributed by atoms with Gasteiger partial charge in [-0.25, -0.2) is 4.79 Å². The molecule has 2 heterocycles. The van der Waals surface area contributed by atoms with E-state index in [-0.39, 0.29) is 12.6 Å². The lowest BCUT2D eigenvalue weighted by Crippen LogP contribution is -2.47. The number of likely N-dealkylation sites (tertiary alicyclic amines) is 1. The van der Waals surface area contributed by atoms with Crippen LogP contribution < -0.4 is 5.32 Å². The average molecular weight is 267 g/mol. The molecule has 1 fully saturated rings. The molecule has 0 unspecified atom stereocenters. The minimum absolute atomic E-state index is 0.217. The predicted octanol–water partition coefficient (Wildman–Crippen LogP) is -0.216. The Morgan fingerprint density at radius 1 is 1.47 bits per heavy atom. The summed E-state index contributed by atoms with van der Waals surface area (Å²) in [6, 6.07) is -0.217. The summed E-state index contributed by atoms with van der Waals surface area (Å²) in [7, 11) is 0. The molecule has 104 valence electrons. The Morgan fingerprint density at radius 2 is 2.32 bits per heavy atom. The first kappa shape index (κ1) is 13.3. The van der Waals surface area contributed by atoms with Gasteiger partial charge in [-0.2, -0.15) is 0 Å². The summed E-state index contributed by atoms with van der Waals surface area (Å²) >= 11 is 0. The summed E-state index contributed by atoms with van der Waals surface area (Å²) in [4.78, 5) is 24.3. The van der Waals surface area contributed by atoms with Crippen molar-refractivity contribution in [3.05, 3.63) is 12.4 Å². The zero-order valence-corrected chi connectivity index (χ0v) is 10.5. The van der Waals surface area contributed by atoms with E-state index in [1.807, 2.05) is 0 Å². The maximum Gasteiger partial charge on any atom is 0.317 e. The van der Waals surface area contributed by atoms with Crippen LogP contribution in [0.3, 0.4) is 0 Å². The van der Waals surface area contributed by atoms with Crippen LogP contribution in [0.1, 0.15) is 12.8 Å². The standard InChI is InChI=1S/C11H17N5O3/c17-10(18)9-2-1-5-15(8-9)11(19)12-3-6-16-7-4-13-14-16/h4,7,9H,1-3,5-6,8H2,(H,12,19)(H,17,18)/t9-/m1/s1. The molecule has 1 aliphatic rings. The van der Waals surface area contributed by atoms with Gasteiger partial charge in [0.25, 0.3) is 0 Å². The highest BCUT2D eigenvalue weighted by atomic mass is 16.4. The topological polar surface area (TPSA) is 100 Å². The van der Waals surface area contributed by atoms with E-state index in [1.54, 1.807) is 22.0 Å². The molecule has 1 atom stereocenters. The average Bonchev–Trinajstić information content (AvgIpc) is 2.92. The van der Waals surface area contributed by atoms with Crippen LogP contribution in [-0.2, 0) is 11.3 Å². The third kappa shape index (κ3) is 3.67. The van der Waals surface area contributed by atoms with E-state index in [0.29, 0.717) is 26.1 Å². The quantitative estimate of drug-likeness (QED) is 0.785. The van der Waals surface area contributed by atoms with Crippen LogP contribution in [0.25, 0.3) is 0 Å². The summed E-state index contributed by atoms with van der Waals surface area (Å²) in [6.45, 7) is 1.88. The number of hydrogen-bond donors (Lipinski definition) is 2. The number of rotatable bonds is 4. The molecule has 0 radical (unpaired) electrons. The van der Waals surface area contributed by atoms with Crippen molar-refractivity contribution in [2.45, 2.75) is 19.4 Å². The molecule has 19 heavy (non-hydrogen) atoms. The first-order chi connectivity index (χ1) is 9.16. The lowest BCUT2D eigenvalue weighted by atomic mass is 9.99. The summed E-state index contributed by atoms with van der Waals surface area (Å²) < 4.78 is 1.62. The molecule has 0 saturated carbocycles. The zero-order valence-electron chi connectivity index (χ0n) is 10.5.